The van der Waals surface area contributed by atoms with E-state index in [1.807, 2.05) is 60.7 Å². The number of likely N-dealkylation sites (tertiary alicyclic amines) is 3. The molecule has 610 valence electrons. The molecule has 33 heteroatoms. The maximum Gasteiger partial charge on any atom is 0.306 e. The van der Waals surface area contributed by atoms with Crippen molar-refractivity contribution in [1.29, 1.82) is 0 Å². The van der Waals surface area contributed by atoms with Crippen LogP contribution in [0.3, 0.4) is 0 Å². The van der Waals surface area contributed by atoms with Crippen molar-refractivity contribution < 1.29 is 97.1 Å². The molecular weight excluding hydrogens is 1580 g/mol. The predicted molar refractivity (Wildman–Crippen MR) is 412 cm³/mol. The Hall–Kier alpha value is -8.71. The Morgan fingerprint density at radius 2 is 0.750 bits per heavy atom. The van der Waals surface area contributed by atoms with E-state index in [4.69, 9.17) is 35.9 Å². The molecular formula is C79H92Cl4F7N7O14S. The van der Waals surface area contributed by atoms with Crippen molar-refractivity contribution in [2.75, 3.05) is 21.3 Å². The van der Waals surface area contributed by atoms with E-state index in [9.17, 15) is 68.3 Å². The predicted octanol–water partition coefficient (Wildman–Crippen LogP) is 13.3. The molecule has 5 aliphatic heterocycles. The lowest BCUT2D eigenvalue weighted by Gasteiger charge is -2.29. The second-order valence-electron chi connectivity index (χ2n) is 28.7. The van der Waals surface area contributed by atoms with Gasteiger partial charge in [0.25, 0.3) is 0 Å². The molecule has 10 bridgehead atoms. The molecule has 0 spiro atoms. The molecule has 14 atom stereocenters. The second-order valence-corrected chi connectivity index (χ2v) is 30.5. The zero-order valence-electron chi connectivity index (χ0n) is 61.4. The summed E-state index contributed by atoms with van der Waals surface area (Å²) < 4.78 is 129. The number of amides is 5. The van der Waals surface area contributed by atoms with Gasteiger partial charge in [0.15, 0.2) is 0 Å². The maximum atomic E-state index is 15.1. The number of nitrogens with zero attached hydrogens (tertiary/aromatic N) is 3. The number of carboxylic acids is 2. The van der Waals surface area contributed by atoms with E-state index in [1.54, 1.807) is 66.4 Å². The van der Waals surface area contributed by atoms with Gasteiger partial charge in [-0.15, -0.1) is 49.6 Å². The molecule has 5 heterocycles. The van der Waals surface area contributed by atoms with Crippen LogP contribution in [0.1, 0.15) is 107 Å². The maximum absolute atomic E-state index is 15.1. The largest absolute Gasteiger partial charge is 0.497 e. The van der Waals surface area contributed by atoms with E-state index < -0.39 is 56.9 Å². The summed E-state index contributed by atoms with van der Waals surface area (Å²) in [4.78, 5) is 84.4. The minimum absolute atomic E-state index is 0. The number of methoxy groups -OCH3 is 3. The SMILES string of the molecule is COc1ccc(CN2C(=O)C3C/C(=C/F)C2C3)cc1.COc1ccc(CN2C(=O)C3C/C(=C\F)C2C3)cc1.COc1ccc(CN2C(=O)C3CC(=C(F)S(=O)(=O)c4ccccc4)C2C3)cc1.Cl.Cl.Cl.Cl.NC1CC(C(=O)O)C/C1=C/F.NC1CC(C(=O)O)C/C1=C\F.O=C1NC2CC1C/C2=C/F.O=C1NC2CC1C/C2=C\F. The van der Waals surface area contributed by atoms with Gasteiger partial charge < -0.3 is 61.2 Å². The van der Waals surface area contributed by atoms with Crippen LogP contribution in [-0.2, 0) is 63.0 Å². The molecule has 0 radical (unpaired) electrons. The quantitative estimate of drug-likeness (QED) is 0.0678. The third-order valence-electron chi connectivity index (χ3n) is 22.1. The first kappa shape index (κ1) is 92.2. The first-order chi connectivity index (χ1) is 51.8. The van der Waals surface area contributed by atoms with Crippen molar-refractivity contribution in [1.82, 2.24) is 25.3 Å². The van der Waals surface area contributed by atoms with Crippen LogP contribution in [0.25, 0.3) is 0 Å². The fraction of sp³-hybridized carbons (Fsp3) is 0.430. The molecule has 7 saturated carbocycles. The van der Waals surface area contributed by atoms with E-state index in [1.165, 1.54) is 12.1 Å². The number of halogens is 11. The lowest BCUT2D eigenvalue weighted by molar-refractivity contribution is -0.142. The fourth-order valence-electron chi connectivity index (χ4n) is 16.1. The molecule has 14 unspecified atom stereocenters. The minimum Gasteiger partial charge on any atom is -0.497 e. The molecule has 12 fully saturated rings. The average molecular weight is 1670 g/mol. The number of carboxylic acid groups (broad SMARTS) is 2. The molecule has 112 heavy (non-hydrogen) atoms. The number of fused-ring (bicyclic) bond motifs is 10. The van der Waals surface area contributed by atoms with Gasteiger partial charge in [0, 0.05) is 66.9 Å². The van der Waals surface area contributed by atoms with Gasteiger partial charge in [-0.25, -0.2) is 34.8 Å². The van der Waals surface area contributed by atoms with Crippen molar-refractivity contribution in [2.24, 2.45) is 52.9 Å². The number of piperidine rings is 5. The van der Waals surface area contributed by atoms with Gasteiger partial charge in [-0.05, 0) is 189 Å². The number of carbonyl (C=O) groups excluding carboxylic acids is 5. The Morgan fingerprint density at radius 3 is 1.01 bits per heavy atom. The lowest BCUT2D eigenvalue weighted by Crippen LogP contribution is -2.38. The summed E-state index contributed by atoms with van der Waals surface area (Å²) in [5, 5.41) is 21.4. The van der Waals surface area contributed by atoms with Crippen LogP contribution >= 0.6 is 49.6 Å². The first-order valence-electron chi connectivity index (χ1n) is 35.6. The number of hydrogen-bond acceptors (Lipinski definition) is 14. The highest BCUT2D eigenvalue weighted by Gasteiger charge is 2.52. The van der Waals surface area contributed by atoms with E-state index in [0.29, 0.717) is 119 Å². The van der Waals surface area contributed by atoms with E-state index >= 15 is 4.39 Å². The fourth-order valence-corrected chi connectivity index (χ4v) is 17.4. The summed E-state index contributed by atoms with van der Waals surface area (Å²) >= 11 is 0. The Labute approximate surface area is 669 Å². The molecule has 5 amide bonds. The van der Waals surface area contributed by atoms with Gasteiger partial charge in [-0.2, -0.15) is 4.39 Å². The number of aliphatic carboxylic acids is 2. The topological polar surface area (TPSA) is 308 Å². The van der Waals surface area contributed by atoms with Crippen molar-refractivity contribution in [3.63, 3.8) is 0 Å². The highest BCUT2D eigenvalue weighted by Crippen LogP contribution is 2.48. The van der Waals surface area contributed by atoms with Crippen LogP contribution in [0.4, 0.5) is 30.7 Å². The van der Waals surface area contributed by atoms with Gasteiger partial charge in [0.05, 0.1) is 106 Å². The number of nitrogens with one attached hydrogen (secondary N) is 2. The molecule has 4 aromatic carbocycles. The number of nitrogens with two attached hydrogens (primary N) is 2. The molecule has 8 N–H and O–H groups in total. The minimum atomic E-state index is -4.21. The molecule has 0 aromatic heterocycles. The molecule has 21 nitrogen and oxygen atoms in total. The summed E-state index contributed by atoms with van der Waals surface area (Å²) in [5.41, 5.74) is 17.9. The van der Waals surface area contributed by atoms with Crippen LogP contribution in [-0.4, -0.2) is 138 Å². The first-order valence-corrected chi connectivity index (χ1v) is 37.1. The van der Waals surface area contributed by atoms with E-state index in [0.717, 1.165) is 76.2 Å². The summed E-state index contributed by atoms with van der Waals surface area (Å²) in [7, 11) is 0.608. The van der Waals surface area contributed by atoms with Crippen molar-refractivity contribution >= 4 is 101 Å². The molecule has 16 rings (SSSR count). The Balaban J connectivity index is 0.000000210. The van der Waals surface area contributed by atoms with Crippen LogP contribution in [0.5, 0.6) is 17.2 Å². The highest BCUT2D eigenvalue weighted by molar-refractivity contribution is 7.95. The number of carbonyl (C=O) groups is 7. The standard InChI is InChI=1S/C21H20FNO4S.2C15H16FNO2.2C7H10FNO2.2C7H8FNO.4ClH/c1-27-16-9-7-14(8-10-16)13-23-19-12-15(21(23)24)11-18(19)20(22)28(25,26)17-5-3-2-4-6-17;2*1-19-13-4-2-10(3-5-13)9-17-14-7-11(15(17)18)6-12(14)8-16;2*8-3-5-1-4(7(10)11)2-6(5)9;2*8-3-5-1-4-2-6(5)9-7(4)10;;;;/h2-10,15,19H,11-13H2,1H3;2*2-5,8,11,14H,6-7,9H2,1H3;2*3-4,6H,1-2,9H2,(H,10,11);2*3-4,6H,1-2H2,(H,9,10);4*1H/b;12-8+;12-8-;5-3+;5-3-;5-3+;5-3-;;;;. The summed E-state index contributed by atoms with van der Waals surface area (Å²) in [6, 6.07) is 28.7. The van der Waals surface area contributed by atoms with Gasteiger partial charge in [-0.1, -0.05) is 54.6 Å². The van der Waals surface area contributed by atoms with Crippen LogP contribution in [0, 0.1) is 41.4 Å². The van der Waals surface area contributed by atoms with E-state index in [2.05, 4.69) is 10.6 Å². The van der Waals surface area contributed by atoms with Gasteiger partial charge in [0.1, 0.15) is 17.2 Å². The van der Waals surface area contributed by atoms with Crippen molar-refractivity contribution in [2.45, 2.75) is 157 Å². The lowest BCUT2D eigenvalue weighted by atomic mass is 10.0. The normalized spacial score (nSPS) is 29.2. The summed E-state index contributed by atoms with van der Waals surface area (Å²) in [6.07, 6.45) is 10.9. The summed E-state index contributed by atoms with van der Waals surface area (Å²) in [6.45, 7) is 1.40. The Kier molecular flexibility index (Phi) is 34.0. The number of rotatable bonds is 13. The van der Waals surface area contributed by atoms with Crippen molar-refractivity contribution in [3.8, 4) is 17.2 Å². The van der Waals surface area contributed by atoms with Crippen LogP contribution < -0.4 is 36.3 Å². The second kappa shape index (κ2) is 41.4. The number of sulfone groups is 1. The van der Waals surface area contributed by atoms with E-state index in [-0.39, 0.29) is 163 Å². The molecule has 5 saturated heterocycles. The summed E-state index contributed by atoms with van der Waals surface area (Å²) in [5.74, 6) is -0.264. The van der Waals surface area contributed by atoms with Crippen LogP contribution in [0.2, 0.25) is 0 Å². The molecule has 12 aliphatic rings. The average Bonchev–Trinajstić information content (AvgIpc) is 1.62. The zero-order chi connectivity index (χ0) is 77.8. The van der Waals surface area contributed by atoms with Crippen molar-refractivity contribution in [3.05, 3.63) is 202 Å². The van der Waals surface area contributed by atoms with Gasteiger partial charge in [-0.3, -0.25) is 33.6 Å². The Morgan fingerprint density at radius 1 is 0.438 bits per heavy atom. The Bertz CT molecular complexity index is 4170. The van der Waals surface area contributed by atoms with Gasteiger partial charge in [0.2, 0.25) is 44.5 Å². The number of ether oxygens (including phenoxy) is 3. The monoisotopic (exact) mass is 1670 g/mol. The zero-order valence-corrected chi connectivity index (χ0v) is 65.4. The van der Waals surface area contributed by atoms with Crippen LogP contribution in [0.15, 0.2) is 190 Å². The van der Waals surface area contributed by atoms with Gasteiger partial charge >= 0.3 is 11.9 Å². The highest BCUT2D eigenvalue weighted by atomic mass is 35.5. The third kappa shape index (κ3) is 21.2. The smallest absolute Gasteiger partial charge is 0.306 e. The number of benzene rings is 4. The molecule has 4 aromatic rings. The number of hydrogen-bond donors (Lipinski definition) is 6. The third-order valence-corrected chi connectivity index (χ3v) is 23.7. The molecule has 7 aliphatic carbocycles.